The molecule has 0 atom stereocenters. The zero-order valence-electron chi connectivity index (χ0n) is 11.0. The number of anilines is 2. The molecule has 102 valence electrons. The summed E-state index contributed by atoms with van der Waals surface area (Å²) in [4.78, 5) is 4.38. The third-order valence-electron chi connectivity index (χ3n) is 5.31. The molecule has 0 aliphatic heterocycles. The summed E-state index contributed by atoms with van der Waals surface area (Å²) in [5, 5.41) is 4.19. The lowest BCUT2D eigenvalue weighted by molar-refractivity contribution is 0.0106. The lowest BCUT2D eigenvalue weighted by atomic mass is 9.53. The predicted octanol–water partition coefficient (Wildman–Crippen LogP) is 3.70. The standard InChI is InChI=1S/C15H20ClN3/c16-13-2-1-12(17)14(18-13)19-15-6-9-3-10(7-15)5-11(4-9)8-15/h1-2,9-11H,3-8,17H2,(H,18,19). The van der Waals surface area contributed by atoms with Crippen LogP contribution in [-0.4, -0.2) is 10.5 Å². The van der Waals surface area contributed by atoms with Crippen molar-refractivity contribution >= 4 is 23.1 Å². The van der Waals surface area contributed by atoms with Crippen LogP contribution in [0.3, 0.4) is 0 Å². The number of hydrogen-bond donors (Lipinski definition) is 2. The van der Waals surface area contributed by atoms with E-state index in [0.717, 1.165) is 23.6 Å². The molecule has 3 N–H and O–H groups in total. The molecule has 4 aliphatic rings. The molecule has 0 radical (unpaired) electrons. The van der Waals surface area contributed by atoms with Crippen LogP contribution in [0.5, 0.6) is 0 Å². The summed E-state index contributed by atoms with van der Waals surface area (Å²) < 4.78 is 0. The summed E-state index contributed by atoms with van der Waals surface area (Å²) in [6, 6.07) is 3.60. The van der Waals surface area contributed by atoms with Crippen molar-refractivity contribution in [2.24, 2.45) is 17.8 Å². The van der Waals surface area contributed by atoms with Gasteiger partial charge in [0.2, 0.25) is 0 Å². The van der Waals surface area contributed by atoms with Gasteiger partial charge in [-0.2, -0.15) is 0 Å². The maximum atomic E-state index is 6.04. The SMILES string of the molecule is Nc1ccc(Cl)nc1NC12CC3CC(CC(C3)C1)C2. The summed E-state index contributed by atoms with van der Waals surface area (Å²) in [5.74, 6) is 3.53. The van der Waals surface area contributed by atoms with Crippen molar-refractivity contribution in [1.29, 1.82) is 0 Å². The van der Waals surface area contributed by atoms with Crippen molar-refractivity contribution < 1.29 is 0 Å². The molecule has 4 aliphatic carbocycles. The van der Waals surface area contributed by atoms with E-state index in [1.54, 1.807) is 6.07 Å². The molecular weight excluding hydrogens is 258 g/mol. The van der Waals surface area contributed by atoms with E-state index in [1.165, 1.54) is 38.5 Å². The molecule has 0 amide bonds. The molecule has 0 saturated heterocycles. The van der Waals surface area contributed by atoms with E-state index in [-0.39, 0.29) is 5.54 Å². The molecule has 1 aromatic rings. The van der Waals surface area contributed by atoms with Crippen molar-refractivity contribution in [1.82, 2.24) is 4.98 Å². The first-order valence-corrected chi connectivity index (χ1v) is 7.70. The highest BCUT2D eigenvalue weighted by molar-refractivity contribution is 6.29. The molecule has 3 nitrogen and oxygen atoms in total. The van der Waals surface area contributed by atoms with E-state index in [9.17, 15) is 0 Å². The Morgan fingerprint density at radius 2 is 1.68 bits per heavy atom. The lowest BCUT2D eigenvalue weighted by Gasteiger charge is -2.57. The number of nitrogens with two attached hydrogens (primary N) is 1. The van der Waals surface area contributed by atoms with E-state index in [0.29, 0.717) is 10.8 Å². The monoisotopic (exact) mass is 277 g/mol. The van der Waals surface area contributed by atoms with Gasteiger partial charge in [0.1, 0.15) is 5.15 Å². The van der Waals surface area contributed by atoms with Gasteiger partial charge in [-0.05, 0) is 68.4 Å². The average Bonchev–Trinajstić information content (AvgIpc) is 2.31. The van der Waals surface area contributed by atoms with Gasteiger partial charge in [0.15, 0.2) is 5.82 Å². The molecule has 0 unspecified atom stereocenters. The van der Waals surface area contributed by atoms with Gasteiger partial charge in [-0.1, -0.05) is 11.6 Å². The molecule has 4 bridgehead atoms. The van der Waals surface area contributed by atoms with Crippen LogP contribution in [0.4, 0.5) is 11.5 Å². The summed E-state index contributed by atoms with van der Waals surface area (Å²) in [6.07, 6.45) is 8.18. The Morgan fingerprint density at radius 1 is 1.11 bits per heavy atom. The third kappa shape index (κ3) is 1.99. The zero-order valence-corrected chi connectivity index (χ0v) is 11.8. The van der Waals surface area contributed by atoms with E-state index in [4.69, 9.17) is 17.3 Å². The molecule has 0 spiro atoms. The van der Waals surface area contributed by atoms with Gasteiger partial charge in [0.05, 0.1) is 5.69 Å². The van der Waals surface area contributed by atoms with E-state index < -0.39 is 0 Å². The molecule has 4 fully saturated rings. The van der Waals surface area contributed by atoms with E-state index in [1.807, 2.05) is 6.07 Å². The van der Waals surface area contributed by atoms with Crippen LogP contribution in [0.25, 0.3) is 0 Å². The third-order valence-corrected chi connectivity index (χ3v) is 5.52. The van der Waals surface area contributed by atoms with Crippen molar-refractivity contribution in [2.45, 2.75) is 44.1 Å². The number of hydrogen-bond acceptors (Lipinski definition) is 3. The molecule has 4 heteroatoms. The second-order valence-corrected chi connectivity index (χ2v) is 7.28. The fraction of sp³-hybridized carbons (Fsp3) is 0.667. The highest BCUT2D eigenvalue weighted by Gasteiger charge is 2.51. The number of nitrogens with zero attached hydrogens (tertiary/aromatic N) is 1. The van der Waals surface area contributed by atoms with Crippen molar-refractivity contribution in [2.75, 3.05) is 11.1 Å². The quantitative estimate of drug-likeness (QED) is 0.811. The minimum atomic E-state index is 0.237. The molecule has 0 aromatic carbocycles. The number of pyridine rings is 1. The molecule has 1 aromatic heterocycles. The van der Waals surface area contributed by atoms with Gasteiger partial charge in [-0.3, -0.25) is 0 Å². The number of rotatable bonds is 2. The Kier molecular flexibility index (Phi) is 2.50. The van der Waals surface area contributed by atoms with Crippen LogP contribution >= 0.6 is 11.6 Å². The largest absolute Gasteiger partial charge is 0.396 e. The molecular formula is C15H20ClN3. The Hall–Kier alpha value is -0.960. The second kappa shape index (κ2) is 4.02. The number of nitrogen functional groups attached to an aromatic ring is 1. The summed E-state index contributed by atoms with van der Waals surface area (Å²) in [7, 11) is 0. The first-order chi connectivity index (χ1) is 9.12. The van der Waals surface area contributed by atoms with Gasteiger partial charge in [0, 0.05) is 5.54 Å². The van der Waals surface area contributed by atoms with Crippen molar-refractivity contribution in [3.8, 4) is 0 Å². The van der Waals surface area contributed by atoms with Gasteiger partial charge < -0.3 is 11.1 Å². The average molecular weight is 278 g/mol. The molecule has 19 heavy (non-hydrogen) atoms. The first-order valence-electron chi connectivity index (χ1n) is 7.32. The van der Waals surface area contributed by atoms with Crippen LogP contribution in [-0.2, 0) is 0 Å². The maximum absolute atomic E-state index is 6.04. The number of aromatic nitrogens is 1. The molecule has 5 rings (SSSR count). The maximum Gasteiger partial charge on any atom is 0.151 e. The summed E-state index contributed by atoms with van der Waals surface area (Å²) >= 11 is 6.00. The predicted molar refractivity (Wildman–Crippen MR) is 78.2 cm³/mol. The van der Waals surface area contributed by atoms with Crippen LogP contribution in [0.1, 0.15) is 38.5 Å². The Bertz CT molecular complexity index is 479. The normalized spacial score (nSPS) is 39.5. The van der Waals surface area contributed by atoms with Gasteiger partial charge in [-0.15, -0.1) is 0 Å². The van der Waals surface area contributed by atoms with Crippen LogP contribution in [0.15, 0.2) is 12.1 Å². The number of nitrogens with one attached hydrogen (secondary N) is 1. The summed E-state index contributed by atoms with van der Waals surface area (Å²) in [6.45, 7) is 0. The second-order valence-electron chi connectivity index (χ2n) is 6.89. The van der Waals surface area contributed by atoms with Crippen molar-refractivity contribution in [3.63, 3.8) is 0 Å². The van der Waals surface area contributed by atoms with Crippen LogP contribution in [0, 0.1) is 17.8 Å². The first kappa shape index (κ1) is 11.8. The molecule has 1 heterocycles. The zero-order chi connectivity index (χ0) is 13.0. The van der Waals surface area contributed by atoms with Crippen molar-refractivity contribution in [3.05, 3.63) is 17.3 Å². The minimum Gasteiger partial charge on any atom is -0.396 e. The van der Waals surface area contributed by atoms with Gasteiger partial charge >= 0.3 is 0 Å². The van der Waals surface area contributed by atoms with Gasteiger partial charge in [0.25, 0.3) is 0 Å². The lowest BCUT2D eigenvalue weighted by Crippen LogP contribution is -2.55. The summed E-state index contributed by atoms with van der Waals surface area (Å²) in [5.41, 5.74) is 6.98. The van der Waals surface area contributed by atoms with E-state index >= 15 is 0 Å². The fourth-order valence-corrected chi connectivity index (χ4v) is 5.21. The highest BCUT2D eigenvalue weighted by Crippen LogP contribution is 2.56. The van der Waals surface area contributed by atoms with Crippen LogP contribution in [0.2, 0.25) is 5.15 Å². The minimum absolute atomic E-state index is 0.237. The smallest absolute Gasteiger partial charge is 0.151 e. The Balaban J connectivity index is 1.64. The molecule has 4 saturated carbocycles. The van der Waals surface area contributed by atoms with Crippen LogP contribution < -0.4 is 11.1 Å². The highest BCUT2D eigenvalue weighted by atomic mass is 35.5. The number of halogens is 1. The fourth-order valence-electron chi connectivity index (χ4n) is 5.06. The topological polar surface area (TPSA) is 50.9 Å². The Labute approximate surface area is 118 Å². The van der Waals surface area contributed by atoms with Gasteiger partial charge in [-0.25, -0.2) is 4.98 Å². The van der Waals surface area contributed by atoms with E-state index in [2.05, 4.69) is 10.3 Å². The Morgan fingerprint density at radius 3 is 2.26 bits per heavy atom.